The number of amides is 1. The molecule has 1 amide bonds. The van der Waals surface area contributed by atoms with Crippen molar-refractivity contribution in [1.82, 2.24) is 34.5 Å². The minimum Gasteiger partial charge on any atom is -0.436 e. The summed E-state index contributed by atoms with van der Waals surface area (Å²) in [5.74, 6) is -0.142. The van der Waals surface area contributed by atoms with Crippen LogP contribution in [0.4, 0.5) is 10.1 Å². The van der Waals surface area contributed by atoms with Crippen molar-refractivity contribution >= 4 is 17.4 Å². The van der Waals surface area contributed by atoms with Crippen molar-refractivity contribution in [2.45, 2.75) is 13.8 Å². The van der Waals surface area contributed by atoms with Crippen LogP contribution in [0.1, 0.15) is 22.1 Å². The quantitative estimate of drug-likeness (QED) is 0.461. The molecule has 0 aliphatic rings. The van der Waals surface area contributed by atoms with Gasteiger partial charge in [-0.15, -0.1) is 5.10 Å². The Labute approximate surface area is 180 Å². The monoisotopic (exact) mass is 430 g/mol. The van der Waals surface area contributed by atoms with Crippen LogP contribution in [-0.4, -0.2) is 40.4 Å². The maximum atomic E-state index is 14.6. The predicted molar refractivity (Wildman–Crippen MR) is 111 cm³/mol. The van der Waals surface area contributed by atoms with E-state index in [0.717, 1.165) is 0 Å². The van der Waals surface area contributed by atoms with Gasteiger partial charge in [-0.2, -0.15) is 4.98 Å². The Kier molecular flexibility index (Phi) is 4.62. The van der Waals surface area contributed by atoms with Crippen molar-refractivity contribution in [3.8, 4) is 22.6 Å². The first-order valence-corrected chi connectivity index (χ1v) is 9.52. The summed E-state index contributed by atoms with van der Waals surface area (Å²) < 4.78 is 21.4. The van der Waals surface area contributed by atoms with E-state index >= 15 is 0 Å². The van der Waals surface area contributed by atoms with Crippen molar-refractivity contribution in [3.05, 3.63) is 72.3 Å². The van der Waals surface area contributed by atoms with Gasteiger partial charge in [0.25, 0.3) is 11.7 Å². The molecule has 11 heteroatoms. The third-order valence-electron chi connectivity index (χ3n) is 4.63. The Balaban J connectivity index is 1.48. The third kappa shape index (κ3) is 3.55. The normalized spacial score (nSPS) is 11.1. The van der Waals surface area contributed by atoms with E-state index in [9.17, 15) is 9.18 Å². The fourth-order valence-corrected chi connectivity index (χ4v) is 3.18. The highest BCUT2D eigenvalue weighted by Crippen LogP contribution is 2.25. The zero-order chi connectivity index (χ0) is 22.2. The lowest BCUT2D eigenvalue weighted by atomic mass is 10.1. The lowest BCUT2D eigenvalue weighted by molar-refractivity contribution is 0.0994. The number of anilines is 1. The molecule has 4 aromatic heterocycles. The Morgan fingerprint density at radius 2 is 2.00 bits per heavy atom. The molecule has 0 bridgehead atoms. The fraction of sp³-hybridized carbons (Fsp3) is 0.0952. The number of halogens is 1. The molecule has 158 valence electrons. The molecular formula is C21H15FN8O2. The molecule has 0 spiro atoms. The Bertz CT molecular complexity index is 1460. The summed E-state index contributed by atoms with van der Waals surface area (Å²) in [5, 5.41) is 7.02. The molecule has 4 heterocycles. The van der Waals surface area contributed by atoms with Crippen LogP contribution in [0.25, 0.3) is 28.4 Å². The van der Waals surface area contributed by atoms with Gasteiger partial charge in [-0.05, 0) is 25.1 Å². The van der Waals surface area contributed by atoms with Crippen LogP contribution in [-0.2, 0) is 0 Å². The summed E-state index contributed by atoms with van der Waals surface area (Å²) in [7, 11) is 0. The van der Waals surface area contributed by atoms with Gasteiger partial charge in [0.2, 0.25) is 5.76 Å². The summed E-state index contributed by atoms with van der Waals surface area (Å²) in [6.45, 7) is 3.32. The van der Waals surface area contributed by atoms with Crippen LogP contribution in [0, 0.1) is 19.7 Å². The topological polar surface area (TPSA) is 124 Å². The first-order valence-electron chi connectivity index (χ1n) is 9.52. The molecule has 5 aromatic rings. The fourth-order valence-electron chi connectivity index (χ4n) is 3.18. The minimum atomic E-state index is -0.542. The second kappa shape index (κ2) is 7.61. The number of benzene rings is 1. The number of aromatic nitrogens is 7. The van der Waals surface area contributed by atoms with Crippen LogP contribution in [0.5, 0.6) is 0 Å². The molecule has 0 unspecified atom stereocenters. The highest BCUT2D eigenvalue weighted by molar-refractivity contribution is 6.03. The maximum Gasteiger partial charge on any atom is 0.293 e. The molecular weight excluding hydrogens is 415 g/mol. The van der Waals surface area contributed by atoms with Gasteiger partial charge < -0.3 is 9.73 Å². The zero-order valence-electron chi connectivity index (χ0n) is 16.9. The number of nitrogens with zero attached hydrogens (tertiary/aromatic N) is 7. The summed E-state index contributed by atoms with van der Waals surface area (Å²) in [5.41, 5.74) is 2.23. The minimum absolute atomic E-state index is 0.0972. The Morgan fingerprint density at radius 3 is 2.75 bits per heavy atom. The number of rotatable bonds is 4. The van der Waals surface area contributed by atoms with Crippen molar-refractivity contribution in [3.63, 3.8) is 0 Å². The van der Waals surface area contributed by atoms with Crippen LogP contribution in [0.2, 0.25) is 0 Å². The van der Waals surface area contributed by atoms with E-state index in [0.29, 0.717) is 28.5 Å². The van der Waals surface area contributed by atoms with E-state index in [4.69, 9.17) is 4.42 Å². The third-order valence-corrected chi connectivity index (χ3v) is 4.63. The molecule has 1 N–H and O–H groups in total. The molecule has 32 heavy (non-hydrogen) atoms. The second-order valence-corrected chi connectivity index (χ2v) is 6.91. The number of nitrogens with one attached hydrogen (secondary N) is 1. The van der Waals surface area contributed by atoms with Crippen molar-refractivity contribution < 1.29 is 13.6 Å². The van der Waals surface area contributed by atoms with E-state index in [1.807, 2.05) is 0 Å². The van der Waals surface area contributed by atoms with Crippen LogP contribution in [0.3, 0.4) is 0 Å². The lowest BCUT2D eigenvalue weighted by Gasteiger charge is -2.06. The molecule has 0 saturated carbocycles. The number of hydrogen-bond donors (Lipinski definition) is 1. The average Bonchev–Trinajstić information content (AvgIpc) is 3.37. The van der Waals surface area contributed by atoms with Crippen LogP contribution < -0.4 is 5.32 Å². The summed E-state index contributed by atoms with van der Waals surface area (Å²) in [6.07, 6.45) is 8.02. The molecule has 0 atom stereocenters. The SMILES string of the molecule is Cc1nc(C)c(C(=O)Nc2ccc(F)c(-c3nc4ncc(-c5cnccn5)cn4n3)c2)o1. The van der Waals surface area contributed by atoms with Gasteiger partial charge in [0, 0.05) is 43.0 Å². The summed E-state index contributed by atoms with van der Waals surface area (Å²) in [6, 6.07) is 4.12. The van der Waals surface area contributed by atoms with Gasteiger partial charge in [0.15, 0.2) is 11.7 Å². The number of carbonyl (C=O) groups is 1. The average molecular weight is 430 g/mol. The first-order chi connectivity index (χ1) is 15.5. The van der Waals surface area contributed by atoms with Crippen LogP contribution in [0.15, 0.2) is 53.6 Å². The first kappa shape index (κ1) is 19.4. The number of oxazole rings is 1. The van der Waals surface area contributed by atoms with Gasteiger partial charge in [0.05, 0.1) is 23.1 Å². The molecule has 5 rings (SSSR count). The van der Waals surface area contributed by atoms with E-state index in [1.54, 1.807) is 44.8 Å². The van der Waals surface area contributed by atoms with Crippen molar-refractivity contribution in [2.24, 2.45) is 0 Å². The number of fused-ring (bicyclic) bond motifs is 1. The standard InChI is InChI=1S/C21H15FN8O2/c1-11-18(32-12(2)26-11)20(31)27-14-3-4-16(22)15(7-14)19-28-21-25-8-13(10-30(21)29-19)17-9-23-5-6-24-17/h3-10H,1-2H3,(H,27,31). The molecule has 1 aromatic carbocycles. The molecule has 0 aliphatic carbocycles. The van der Waals surface area contributed by atoms with Gasteiger partial charge in [-0.1, -0.05) is 0 Å². The molecule has 0 saturated heterocycles. The molecule has 0 aliphatic heterocycles. The van der Waals surface area contributed by atoms with E-state index in [2.05, 4.69) is 35.3 Å². The molecule has 0 radical (unpaired) electrons. The summed E-state index contributed by atoms with van der Waals surface area (Å²) >= 11 is 0. The van der Waals surface area contributed by atoms with Gasteiger partial charge >= 0.3 is 0 Å². The number of hydrogen-bond acceptors (Lipinski definition) is 8. The predicted octanol–water partition coefficient (Wildman–Crippen LogP) is 3.24. The lowest BCUT2D eigenvalue weighted by Crippen LogP contribution is -2.12. The zero-order valence-corrected chi connectivity index (χ0v) is 16.9. The largest absolute Gasteiger partial charge is 0.436 e. The van der Waals surface area contributed by atoms with Crippen molar-refractivity contribution in [2.75, 3.05) is 5.32 Å². The van der Waals surface area contributed by atoms with E-state index < -0.39 is 11.7 Å². The van der Waals surface area contributed by atoms with Crippen LogP contribution >= 0.6 is 0 Å². The Hall–Kier alpha value is -4.54. The van der Waals surface area contributed by atoms with Crippen molar-refractivity contribution in [1.29, 1.82) is 0 Å². The van der Waals surface area contributed by atoms with Gasteiger partial charge in [0.1, 0.15) is 5.82 Å². The second-order valence-electron chi connectivity index (χ2n) is 6.91. The van der Waals surface area contributed by atoms with Gasteiger partial charge in [-0.3, -0.25) is 14.8 Å². The Morgan fingerprint density at radius 1 is 1.12 bits per heavy atom. The highest BCUT2D eigenvalue weighted by atomic mass is 19.1. The maximum absolute atomic E-state index is 14.6. The highest BCUT2D eigenvalue weighted by Gasteiger charge is 2.18. The smallest absolute Gasteiger partial charge is 0.293 e. The van der Waals surface area contributed by atoms with E-state index in [1.165, 1.54) is 22.7 Å². The molecule has 0 fully saturated rings. The summed E-state index contributed by atoms with van der Waals surface area (Å²) in [4.78, 5) is 33.4. The number of carbonyl (C=O) groups excluding carboxylic acids is 1. The van der Waals surface area contributed by atoms with E-state index in [-0.39, 0.29) is 22.9 Å². The molecule has 10 nitrogen and oxygen atoms in total. The van der Waals surface area contributed by atoms with Gasteiger partial charge in [-0.25, -0.2) is 18.9 Å². The number of aryl methyl sites for hydroxylation is 2.